The molecule has 0 heterocycles. The van der Waals surface area contributed by atoms with Crippen LogP contribution in [0.25, 0.3) is 0 Å². The number of carboxylic acid groups (broad SMARTS) is 1. The maximum atomic E-state index is 11.0. The zero-order chi connectivity index (χ0) is 13.8. The van der Waals surface area contributed by atoms with Gasteiger partial charge in [0.25, 0.3) is 0 Å². The van der Waals surface area contributed by atoms with Gasteiger partial charge in [-0.05, 0) is 25.8 Å². The predicted molar refractivity (Wildman–Crippen MR) is 70.4 cm³/mol. The molecule has 0 saturated carbocycles. The standard InChI is InChI=1S/C12H25N3O3/c1-2-3-4-5-8-14-10(11(16)17)7-6-9-15-12(13)18/h10,14H,2-9H2,1H3,(H,16,17)(H3,13,15,18)/t10-/m0/s1. The van der Waals surface area contributed by atoms with Gasteiger partial charge in [-0.1, -0.05) is 26.2 Å². The number of rotatable bonds is 11. The number of amides is 2. The zero-order valence-electron chi connectivity index (χ0n) is 11.1. The minimum absolute atomic E-state index is 0.413. The van der Waals surface area contributed by atoms with E-state index in [0.717, 1.165) is 19.4 Å². The molecule has 2 amide bonds. The summed E-state index contributed by atoms with van der Waals surface area (Å²) >= 11 is 0. The van der Waals surface area contributed by atoms with Gasteiger partial charge in [0, 0.05) is 6.54 Å². The Kier molecular flexibility index (Phi) is 10.0. The van der Waals surface area contributed by atoms with E-state index in [1.807, 2.05) is 0 Å². The molecule has 0 aliphatic rings. The average Bonchev–Trinajstić information content (AvgIpc) is 2.30. The Bertz CT molecular complexity index is 247. The second-order valence-corrected chi connectivity index (χ2v) is 4.34. The molecule has 1 atom stereocenters. The summed E-state index contributed by atoms with van der Waals surface area (Å²) in [5, 5.41) is 14.5. The summed E-state index contributed by atoms with van der Waals surface area (Å²) in [6.45, 7) is 3.27. The smallest absolute Gasteiger partial charge is 0.320 e. The summed E-state index contributed by atoms with van der Waals surface area (Å²) in [6.07, 6.45) is 5.56. The number of carboxylic acids is 1. The van der Waals surface area contributed by atoms with Gasteiger partial charge in [-0.25, -0.2) is 4.79 Å². The lowest BCUT2D eigenvalue weighted by Gasteiger charge is -2.14. The molecule has 18 heavy (non-hydrogen) atoms. The first-order valence-corrected chi connectivity index (χ1v) is 6.57. The van der Waals surface area contributed by atoms with Crippen LogP contribution in [-0.4, -0.2) is 36.2 Å². The van der Waals surface area contributed by atoms with Gasteiger partial charge in [0.15, 0.2) is 0 Å². The summed E-state index contributed by atoms with van der Waals surface area (Å²) in [4.78, 5) is 21.4. The lowest BCUT2D eigenvalue weighted by Crippen LogP contribution is -2.38. The molecule has 0 radical (unpaired) electrons. The second-order valence-electron chi connectivity index (χ2n) is 4.34. The summed E-state index contributed by atoms with van der Waals surface area (Å²) < 4.78 is 0. The molecule has 6 nitrogen and oxygen atoms in total. The Morgan fingerprint density at radius 2 is 1.89 bits per heavy atom. The van der Waals surface area contributed by atoms with E-state index in [4.69, 9.17) is 10.8 Å². The molecule has 0 saturated heterocycles. The number of carbonyl (C=O) groups is 2. The molecule has 0 aliphatic carbocycles. The minimum Gasteiger partial charge on any atom is -0.480 e. The van der Waals surface area contributed by atoms with Crippen molar-refractivity contribution in [1.29, 1.82) is 0 Å². The molecule has 0 fully saturated rings. The van der Waals surface area contributed by atoms with E-state index in [0.29, 0.717) is 19.4 Å². The first-order valence-electron chi connectivity index (χ1n) is 6.57. The van der Waals surface area contributed by atoms with E-state index in [1.54, 1.807) is 0 Å². The average molecular weight is 259 g/mol. The molecule has 0 unspecified atom stereocenters. The van der Waals surface area contributed by atoms with Crippen molar-refractivity contribution in [3.8, 4) is 0 Å². The van der Waals surface area contributed by atoms with Crippen LogP contribution in [0.4, 0.5) is 4.79 Å². The highest BCUT2D eigenvalue weighted by Crippen LogP contribution is 2.00. The lowest BCUT2D eigenvalue weighted by molar-refractivity contribution is -0.139. The van der Waals surface area contributed by atoms with Crippen LogP contribution in [0, 0.1) is 0 Å². The number of aliphatic carboxylic acids is 1. The lowest BCUT2D eigenvalue weighted by atomic mass is 10.1. The molecule has 0 rings (SSSR count). The van der Waals surface area contributed by atoms with Crippen molar-refractivity contribution in [3.63, 3.8) is 0 Å². The number of nitrogens with one attached hydrogen (secondary N) is 2. The van der Waals surface area contributed by atoms with Gasteiger partial charge in [-0.15, -0.1) is 0 Å². The van der Waals surface area contributed by atoms with E-state index >= 15 is 0 Å². The fourth-order valence-electron chi connectivity index (χ4n) is 1.66. The fourth-order valence-corrected chi connectivity index (χ4v) is 1.66. The van der Waals surface area contributed by atoms with Crippen LogP contribution in [0.15, 0.2) is 0 Å². The Morgan fingerprint density at radius 1 is 1.17 bits per heavy atom. The molecule has 0 aromatic carbocycles. The number of hydrogen-bond donors (Lipinski definition) is 4. The normalized spacial score (nSPS) is 12.1. The highest BCUT2D eigenvalue weighted by Gasteiger charge is 2.15. The molecular weight excluding hydrogens is 234 g/mol. The van der Waals surface area contributed by atoms with Gasteiger partial charge in [0.2, 0.25) is 0 Å². The first kappa shape index (κ1) is 16.7. The fraction of sp³-hybridized carbons (Fsp3) is 0.833. The van der Waals surface area contributed by atoms with E-state index in [9.17, 15) is 9.59 Å². The zero-order valence-corrected chi connectivity index (χ0v) is 11.1. The van der Waals surface area contributed by atoms with Crippen LogP contribution in [0.5, 0.6) is 0 Å². The highest BCUT2D eigenvalue weighted by atomic mass is 16.4. The monoisotopic (exact) mass is 259 g/mol. The van der Waals surface area contributed by atoms with Crippen LogP contribution in [0.2, 0.25) is 0 Å². The predicted octanol–water partition coefficient (Wildman–Crippen LogP) is 1.06. The molecule has 0 aromatic heterocycles. The SMILES string of the molecule is CCCCCCN[C@@H](CCCNC(N)=O)C(=O)O. The first-order chi connectivity index (χ1) is 8.57. The third-order valence-electron chi connectivity index (χ3n) is 2.69. The molecule has 5 N–H and O–H groups in total. The quantitative estimate of drug-likeness (QED) is 0.416. The van der Waals surface area contributed by atoms with E-state index in [1.165, 1.54) is 12.8 Å². The van der Waals surface area contributed by atoms with Gasteiger partial charge < -0.3 is 21.5 Å². The van der Waals surface area contributed by atoms with Gasteiger partial charge in [0.05, 0.1) is 0 Å². The van der Waals surface area contributed by atoms with Gasteiger partial charge in [0.1, 0.15) is 6.04 Å². The Hall–Kier alpha value is -1.30. The van der Waals surface area contributed by atoms with Crippen molar-refractivity contribution in [3.05, 3.63) is 0 Å². The topological polar surface area (TPSA) is 104 Å². The number of urea groups is 1. The molecule has 0 aliphatic heterocycles. The van der Waals surface area contributed by atoms with Crippen molar-refractivity contribution in [1.82, 2.24) is 10.6 Å². The Morgan fingerprint density at radius 3 is 2.44 bits per heavy atom. The van der Waals surface area contributed by atoms with Crippen LogP contribution in [-0.2, 0) is 4.79 Å². The van der Waals surface area contributed by atoms with Crippen LogP contribution >= 0.6 is 0 Å². The molecule has 6 heteroatoms. The third kappa shape index (κ3) is 9.89. The van der Waals surface area contributed by atoms with E-state index in [-0.39, 0.29) is 0 Å². The third-order valence-corrected chi connectivity index (χ3v) is 2.69. The maximum Gasteiger partial charge on any atom is 0.320 e. The second kappa shape index (κ2) is 10.8. The van der Waals surface area contributed by atoms with Crippen LogP contribution in [0.3, 0.4) is 0 Å². The highest BCUT2D eigenvalue weighted by molar-refractivity contribution is 5.73. The minimum atomic E-state index is -0.843. The largest absolute Gasteiger partial charge is 0.480 e. The van der Waals surface area contributed by atoms with Gasteiger partial charge in [-0.2, -0.15) is 0 Å². The number of primary amides is 1. The summed E-state index contributed by atoms with van der Waals surface area (Å²) in [5.41, 5.74) is 4.91. The van der Waals surface area contributed by atoms with E-state index < -0.39 is 18.0 Å². The molecule has 0 spiro atoms. The van der Waals surface area contributed by atoms with E-state index in [2.05, 4.69) is 17.6 Å². The molecule has 0 bridgehead atoms. The number of unbranched alkanes of at least 4 members (excludes halogenated alkanes) is 3. The van der Waals surface area contributed by atoms with Crippen molar-refractivity contribution in [2.24, 2.45) is 5.73 Å². The number of carbonyl (C=O) groups excluding carboxylic acids is 1. The van der Waals surface area contributed by atoms with Crippen molar-refractivity contribution in [2.75, 3.05) is 13.1 Å². The summed E-state index contributed by atoms with van der Waals surface area (Å²) in [5.74, 6) is -0.843. The molecular formula is C12H25N3O3. The van der Waals surface area contributed by atoms with Crippen molar-refractivity contribution >= 4 is 12.0 Å². The Labute approximate surface area is 108 Å². The molecule has 0 aromatic rings. The molecule has 106 valence electrons. The van der Waals surface area contributed by atoms with Crippen LogP contribution < -0.4 is 16.4 Å². The number of nitrogens with two attached hydrogens (primary N) is 1. The van der Waals surface area contributed by atoms with Crippen molar-refractivity contribution < 1.29 is 14.7 Å². The van der Waals surface area contributed by atoms with Gasteiger partial charge >= 0.3 is 12.0 Å². The summed E-state index contributed by atoms with van der Waals surface area (Å²) in [6, 6.07) is -1.12. The summed E-state index contributed by atoms with van der Waals surface area (Å²) in [7, 11) is 0. The van der Waals surface area contributed by atoms with Crippen LogP contribution in [0.1, 0.15) is 45.4 Å². The van der Waals surface area contributed by atoms with Gasteiger partial charge in [-0.3, -0.25) is 4.79 Å². The number of hydrogen-bond acceptors (Lipinski definition) is 3. The van der Waals surface area contributed by atoms with Crippen molar-refractivity contribution in [2.45, 2.75) is 51.5 Å². The Balaban J connectivity index is 3.65. The maximum absolute atomic E-state index is 11.0.